The quantitative estimate of drug-likeness (QED) is 0.661. The van der Waals surface area contributed by atoms with Crippen LogP contribution in [-0.2, 0) is 6.54 Å². The van der Waals surface area contributed by atoms with Crippen molar-refractivity contribution in [2.45, 2.75) is 13.5 Å². The van der Waals surface area contributed by atoms with Gasteiger partial charge < -0.3 is 4.90 Å². The molecule has 0 aromatic carbocycles. The lowest BCUT2D eigenvalue weighted by Crippen LogP contribution is -2.18. The normalized spacial score (nSPS) is 9.74. The molecule has 2 heterocycles. The van der Waals surface area contributed by atoms with Crippen molar-refractivity contribution in [2.75, 3.05) is 17.3 Å². The highest BCUT2D eigenvalue weighted by molar-refractivity contribution is 5.50. The smallest absolute Gasteiger partial charge is 0.182 e. The maximum atomic E-state index is 8.63. The number of anilines is 2. The minimum Gasteiger partial charge on any atom is -0.355 e. The molecule has 2 rings (SSSR count). The summed E-state index contributed by atoms with van der Waals surface area (Å²) < 4.78 is 0. The summed E-state index contributed by atoms with van der Waals surface area (Å²) in [7, 11) is 1.94. The van der Waals surface area contributed by atoms with Crippen LogP contribution in [-0.4, -0.2) is 22.0 Å². The molecular weight excluding hydrogens is 240 g/mol. The van der Waals surface area contributed by atoms with Crippen LogP contribution in [0.2, 0.25) is 0 Å². The highest BCUT2D eigenvalue weighted by Crippen LogP contribution is 2.16. The number of hydrogen-bond donors (Lipinski definition) is 1. The van der Waals surface area contributed by atoms with Crippen LogP contribution in [0.5, 0.6) is 0 Å². The minimum atomic E-state index is 0.506. The zero-order valence-electron chi connectivity index (χ0n) is 10.8. The van der Waals surface area contributed by atoms with Crippen LogP contribution in [0.3, 0.4) is 0 Å². The lowest BCUT2D eigenvalue weighted by Gasteiger charge is -2.18. The molecule has 1 N–H and O–H groups in total. The summed E-state index contributed by atoms with van der Waals surface area (Å²) in [5, 5.41) is 11.2. The number of hydrogen-bond acceptors (Lipinski definition) is 6. The third-order valence-electron chi connectivity index (χ3n) is 2.57. The van der Waals surface area contributed by atoms with Crippen molar-refractivity contribution < 1.29 is 0 Å². The Bertz CT molecular complexity index is 590. The van der Waals surface area contributed by atoms with Gasteiger partial charge in [0.25, 0.3) is 0 Å². The average Bonchev–Trinajstić information content (AvgIpc) is 2.39. The molecule has 2 aromatic rings. The van der Waals surface area contributed by atoms with E-state index in [1.807, 2.05) is 30.3 Å². The van der Waals surface area contributed by atoms with Crippen LogP contribution >= 0.6 is 0 Å². The van der Waals surface area contributed by atoms with E-state index < -0.39 is 0 Å². The summed E-state index contributed by atoms with van der Waals surface area (Å²) >= 11 is 0. The molecule has 96 valence electrons. The molecule has 6 heteroatoms. The third kappa shape index (κ3) is 3.39. The second-order valence-corrected chi connectivity index (χ2v) is 4.11. The molecule has 0 unspecified atom stereocenters. The summed E-state index contributed by atoms with van der Waals surface area (Å²) in [5.74, 6) is 1.89. The first-order chi connectivity index (χ1) is 9.19. The molecule has 0 saturated heterocycles. The molecule has 0 bridgehead atoms. The number of aryl methyl sites for hydroxylation is 1. The second kappa shape index (κ2) is 5.78. The van der Waals surface area contributed by atoms with E-state index in [9.17, 15) is 0 Å². The van der Waals surface area contributed by atoms with Crippen LogP contribution in [0, 0.1) is 18.4 Å². The fourth-order valence-corrected chi connectivity index (χ4v) is 1.71. The fourth-order valence-electron chi connectivity index (χ4n) is 1.71. The largest absolute Gasteiger partial charge is 0.355 e. The Morgan fingerprint density at radius 3 is 2.74 bits per heavy atom. The number of nitrogens with one attached hydrogen (secondary N) is 1. The van der Waals surface area contributed by atoms with Crippen molar-refractivity contribution in [3.05, 3.63) is 42.0 Å². The van der Waals surface area contributed by atoms with Gasteiger partial charge in [-0.2, -0.15) is 5.26 Å². The average molecular weight is 254 g/mol. The lowest BCUT2D eigenvalue weighted by atomic mass is 10.2. The van der Waals surface area contributed by atoms with Crippen molar-refractivity contribution in [3.63, 3.8) is 0 Å². The van der Waals surface area contributed by atoms with E-state index in [2.05, 4.69) is 20.3 Å². The Balaban J connectivity index is 2.19. The Morgan fingerprint density at radius 2 is 2.05 bits per heavy atom. The Labute approximate surface area is 111 Å². The predicted molar refractivity (Wildman–Crippen MR) is 72.3 cm³/mol. The van der Waals surface area contributed by atoms with Crippen molar-refractivity contribution in [3.8, 4) is 6.19 Å². The van der Waals surface area contributed by atoms with Gasteiger partial charge in [-0.05, 0) is 24.6 Å². The van der Waals surface area contributed by atoms with Crippen molar-refractivity contribution >= 4 is 11.6 Å². The van der Waals surface area contributed by atoms with Gasteiger partial charge >= 0.3 is 0 Å². The van der Waals surface area contributed by atoms with Gasteiger partial charge in [-0.3, -0.25) is 10.3 Å². The van der Waals surface area contributed by atoms with E-state index in [1.54, 1.807) is 25.4 Å². The van der Waals surface area contributed by atoms with E-state index in [4.69, 9.17) is 5.26 Å². The molecule has 0 aliphatic heterocycles. The molecule has 2 aromatic heterocycles. The molecule has 0 radical (unpaired) electrons. The number of pyridine rings is 1. The van der Waals surface area contributed by atoms with Crippen molar-refractivity contribution in [1.82, 2.24) is 15.0 Å². The van der Waals surface area contributed by atoms with Crippen molar-refractivity contribution in [1.29, 1.82) is 5.26 Å². The summed E-state index contributed by atoms with van der Waals surface area (Å²) in [5.41, 5.74) is 1.14. The molecule has 0 aliphatic rings. The number of rotatable bonds is 4. The zero-order valence-corrected chi connectivity index (χ0v) is 10.8. The SMILES string of the molecule is Cc1nc(NC#N)cc(N(C)Cc2ccncc2)n1. The zero-order chi connectivity index (χ0) is 13.7. The molecule has 6 nitrogen and oxygen atoms in total. The van der Waals surface area contributed by atoms with E-state index >= 15 is 0 Å². The van der Waals surface area contributed by atoms with Crippen LogP contribution in [0.4, 0.5) is 11.6 Å². The Kier molecular flexibility index (Phi) is 3.88. The maximum absolute atomic E-state index is 8.63. The van der Waals surface area contributed by atoms with Crippen LogP contribution in [0.1, 0.15) is 11.4 Å². The van der Waals surface area contributed by atoms with Crippen LogP contribution in [0.15, 0.2) is 30.6 Å². The predicted octanol–water partition coefficient (Wildman–Crippen LogP) is 1.71. The molecule has 0 spiro atoms. The molecule has 0 aliphatic carbocycles. The highest BCUT2D eigenvalue weighted by atomic mass is 15.2. The first kappa shape index (κ1) is 12.8. The van der Waals surface area contributed by atoms with Gasteiger partial charge in [-0.25, -0.2) is 9.97 Å². The maximum Gasteiger partial charge on any atom is 0.182 e. The van der Waals surface area contributed by atoms with E-state index in [1.165, 1.54) is 0 Å². The first-order valence-corrected chi connectivity index (χ1v) is 5.80. The summed E-state index contributed by atoms with van der Waals surface area (Å²) in [6, 6.07) is 5.66. The topological polar surface area (TPSA) is 77.7 Å². The van der Waals surface area contributed by atoms with E-state index in [0.29, 0.717) is 18.2 Å². The van der Waals surface area contributed by atoms with Gasteiger partial charge in [0, 0.05) is 32.1 Å². The molecular formula is C13H14N6. The van der Waals surface area contributed by atoms with Gasteiger partial charge in [0.05, 0.1) is 0 Å². The monoisotopic (exact) mass is 254 g/mol. The molecule has 19 heavy (non-hydrogen) atoms. The molecule has 0 saturated carbocycles. The lowest BCUT2D eigenvalue weighted by molar-refractivity contribution is 0.878. The van der Waals surface area contributed by atoms with Gasteiger partial charge in [-0.15, -0.1) is 0 Å². The Hall–Kier alpha value is -2.68. The van der Waals surface area contributed by atoms with E-state index in [-0.39, 0.29) is 0 Å². The van der Waals surface area contributed by atoms with Crippen LogP contribution < -0.4 is 10.2 Å². The first-order valence-electron chi connectivity index (χ1n) is 5.80. The fraction of sp³-hybridized carbons (Fsp3) is 0.231. The Morgan fingerprint density at radius 1 is 1.32 bits per heavy atom. The second-order valence-electron chi connectivity index (χ2n) is 4.11. The van der Waals surface area contributed by atoms with Crippen molar-refractivity contribution in [2.24, 2.45) is 0 Å². The molecule has 0 fully saturated rings. The molecule has 0 amide bonds. The summed E-state index contributed by atoms with van der Waals surface area (Å²) in [4.78, 5) is 14.5. The number of aromatic nitrogens is 3. The van der Waals surface area contributed by atoms with Gasteiger partial charge in [-0.1, -0.05) is 0 Å². The minimum absolute atomic E-state index is 0.506. The summed E-state index contributed by atoms with van der Waals surface area (Å²) in [6.45, 7) is 2.51. The van der Waals surface area contributed by atoms with Gasteiger partial charge in [0.2, 0.25) is 0 Å². The molecule has 0 atom stereocenters. The number of nitriles is 1. The third-order valence-corrected chi connectivity index (χ3v) is 2.57. The van der Waals surface area contributed by atoms with Crippen LogP contribution in [0.25, 0.3) is 0 Å². The standard InChI is InChI=1S/C13H14N6/c1-10-17-12(16-9-14)7-13(18-10)19(2)8-11-3-5-15-6-4-11/h3-7H,8H2,1-2H3,(H,16,17,18). The van der Waals surface area contributed by atoms with E-state index in [0.717, 1.165) is 11.4 Å². The highest BCUT2D eigenvalue weighted by Gasteiger charge is 2.07. The summed E-state index contributed by atoms with van der Waals surface area (Å²) in [6.07, 6.45) is 5.38. The van der Waals surface area contributed by atoms with Gasteiger partial charge in [0.15, 0.2) is 6.19 Å². The van der Waals surface area contributed by atoms with Gasteiger partial charge in [0.1, 0.15) is 17.5 Å². The number of nitrogens with zero attached hydrogens (tertiary/aromatic N) is 5.